The van der Waals surface area contributed by atoms with Crippen molar-refractivity contribution in [2.75, 3.05) is 14.2 Å². The molecule has 2 rings (SSSR count). The maximum Gasteiger partial charge on any atom is 0.244 e. The average Bonchev–Trinajstić information content (AvgIpc) is 2.98. The molecule has 1 atom stereocenters. The predicted octanol–water partition coefficient (Wildman–Crippen LogP) is 2.21. The Bertz CT molecular complexity index is 710. The second-order valence-corrected chi connectivity index (χ2v) is 6.51. The molecular formula is C15H19NO5S. The molecule has 120 valence electrons. The summed E-state index contributed by atoms with van der Waals surface area (Å²) in [5.74, 6) is 1.42. The van der Waals surface area contributed by atoms with Crippen LogP contribution in [0.2, 0.25) is 0 Å². The van der Waals surface area contributed by atoms with Crippen molar-refractivity contribution in [1.82, 2.24) is 4.72 Å². The summed E-state index contributed by atoms with van der Waals surface area (Å²) < 4.78 is 43.1. The van der Waals surface area contributed by atoms with E-state index in [4.69, 9.17) is 13.9 Å². The summed E-state index contributed by atoms with van der Waals surface area (Å²) >= 11 is 0. The normalized spacial score (nSPS) is 12.9. The highest BCUT2D eigenvalue weighted by atomic mass is 32.2. The van der Waals surface area contributed by atoms with Crippen LogP contribution in [0.15, 0.2) is 45.9 Å². The highest BCUT2D eigenvalue weighted by Crippen LogP contribution is 2.28. The van der Waals surface area contributed by atoms with E-state index in [0.29, 0.717) is 17.9 Å². The fraction of sp³-hybridized carbons (Fsp3) is 0.333. The van der Waals surface area contributed by atoms with Gasteiger partial charge in [-0.3, -0.25) is 0 Å². The Kier molecular flexibility index (Phi) is 5.10. The highest BCUT2D eigenvalue weighted by molar-refractivity contribution is 7.89. The lowest BCUT2D eigenvalue weighted by Crippen LogP contribution is -2.34. The molecule has 22 heavy (non-hydrogen) atoms. The number of rotatable bonds is 7. The molecule has 0 fully saturated rings. The van der Waals surface area contributed by atoms with Gasteiger partial charge in [0.1, 0.15) is 22.2 Å². The van der Waals surface area contributed by atoms with Gasteiger partial charge in [-0.25, -0.2) is 13.1 Å². The van der Waals surface area contributed by atoms with Crippen LogP contribution in [-0.4, -0.2) is 28.7 Å². The molecule has 0 spiro atoms. The highest BCUT2D eigenvalue weighted by Gasteiger charge is 2.23. The summed E-state index contributed by atoms with van der Waals surface area (Å²) in [5, 5.41) is 0. The quantitative estimate of drug-likeness (QED) is 0.844. The van der Waals surface area contributed by atoms with Gasteiger partial charge in [0.15, 0.2) is 0 Å². The molecule has 0 unspecified atom stereocenters. The Balaban J connectivity index is 2.22. The number of sulfonamides is 1. The molecule has 0 saturated carbocycles. The minimum absolute atomic E-state index is 0.0423. The number of hydrogen-bond donors (Lipinski definition) is 1. The first kappa shape index (κ1) is 16.4. The Labute approximate surface area is 130 Å². The first-order valence-corrected chi connectivity index (χ1v) is 8.21. The van der Waals surface area contributed by atoms with Gasteiger partial charge in [-0.1, -0.05) is 0 Å². The standard InChI is InChI=1S/C15H19NO5S/c1-11(9-13-5-4-8-21-13)16-22(17,18)15-10-12(19-2)6-7-14(15)20-3/h4-8,10-11,16H,9H2,1-3H3/t11-/m1/s1. The number of benzene rings is 1. The van der Waals surface area contributed by atoms with Crippen LogP contribution in [0.25, 0.3) is 0 Å². The van der Waals surface area contributed by atoms with Crippen LogP contribution in [0.4, 0.5) is 0 Å². The van der Waals surface area contributed by atoms with Crippen molar-refractivity contribution in [3.8, 4) is 11.5 Å². The number of methoxy groups -OCH3 is 2. The van der Waals surface area contributed by atoms with Gasteiger partial charge in [0.25, 0.3) is 0 Å². The summed E-state index contributed by atoms with van der Waals surface area (Å²) in [4.78, 5) is 0.0423. The molecule has 0 aliphatic rings. The van der Waals surface area contributed by atoms with E-state index in [1.807, 2.05) is 0 Å². The van der Waals surface area contributed by atoms with Crippen LogP contribution < -0.4 is 14.2 Å². The minimum Gasteiger partial charge on any atom is -0.497 e. The van der Waals surface area contributed by atoms with Crippen molar-refractivity contribution in [2.45, 2.75) is 24.3 Å². The maximum absolute atomic E-state index is 12.5. The van der Waals surface area contributed by atoms with Crippen LogP contribution in [0, 0.1) is 0 Å². The second-order valence-electron chi connectivity index (χ2n) is 4.82. The molecule has 0 aliphatic heterocycles. The van der Waals surface area contributed by atoms with Gasteiger partial charge < -0.3 is 13.9 Å². The largest absolute Gasteiger partial charge is 0.497 e. The smallest absolute Gasteiger partial charge is 0.244 e. The summed E-state index contributed by atoms with van der Waals surface area (Å²) in [5.41, 5.74) is 0. The lowest BCUT2D eigenvalue weighted by Gasteiger charge is -2.15. The van der Waals surface area contributed by atoms with E-state index < -0.39 is 10.0 Å². The van der Waals surface area contributed by atoms with E-state index >= 15 is 0 Å². The van der Waals surface area contributed by atoms with Gasteiger partial charge in [0.05, 0.1) is 20.5 Å². The zero-order valence-corrected chi connectivity index (χ0v) is 13.5. The molecule has 1 heterocycles. The number of hydrogen-bond acceptors (Lipinski definition) is 5. The summed E-state index contributed by atoms with van der Waals surface area (Å²) in [6.07, 6.45) is 2.01. The van der Waals surface area contributed by atoms with E-state index in [-0.39, 0.29) is 16.7 Å². The summed E-state index contributed by atoms with van der Waals surface area (Å²) in [6, 6.07) is 7.88. The molecule has 1 aromatic carbocycles. The number of nitrogens with one attached hydrogen (secondary N) is 1. The monoisotopic (exact) mass is 325 g/mol. The van der Waals surface area contributed by atoms with Crippen LogP contribution in [0.1, 0.15) is 12.7 Å². The van der Waals surface area contributed by atoms with Gasteiger partial charge in [0, 0.05) is 18.5 Å². The zero-order chi connectivity index (χ0) is 16.2. The van der Waals surface area contributed by atoms with Crippen molar-refractivity contribution < 1.29 is 22.3 Å². The Morgan fingerprint density at radius 1 is 1.23 bits per heavy atom. The topological polar surface area (TPSA) is 77.8 Å². The third-order valence-electron chi connectivity index (χ3n) is 3.10. The van der Waals surface area contributed by atoms with Crippen molar-refractivity contribution in [2.24, 2.45) is 0 Å². The van der Waals surface area contributed by atoms with Crippen molar-refractivity contribution in [3.63, 3.8) is 0 Å². The Hall–Kier alpha value is -1.99. The average molecular weight is 325 g/mol. The molecule has 0 radical (unpaired) electrons. The molecule has 0 amide bonds. The van der Waals surface area contributed by atoms with E-state index in [2.05, 4.69) is 4.72 Å². The molecule has 2 aromatic rings. The predicted molar refractivity (Wildman–Crippen MR) is 81.7 cm³/mol. The number of ether oxygens (including phenoxy) is 2. The van der Waals surface area contributed by atoms with Crippen molar-refractivity contribution >= 4 is 10.0 Å². The first-order valence-electron chi connectivity index (χ1n) is 6.73. The van der Waals surface area contributed by atoms with Crippen LogP contribution in [-0.2, 0) is 16.4 Å². The SMILES string of the molecule is COc1ccc(OC)c(S(=O)(=O)N[C@H](C)Cc2ccco2)c1. The Morgan fingerprint density at radius 2 is 2.00 bits per heavy atom. The van der Waals surface area contributed by atoms with Gasteiger partial charge in [0.2, 0.25) is 10.0 Å². The van der Waals surface area contributed by atoms with E-state index in [1.54, 1.807) is 37.5 Å². The fourth-order valence-electron chi connectivity index (χ4n) is 2.09. The van der Waals surface area contributed by atoms with Crippen molar-refractivity contribution in [1.29, 1.82) is 0 Å². The third kappa shape index (κ3) is 3.80. The first-order chi connectivity index (χ1) is 10.5. The van der Waals surface area contributed by atoms with Crippen LogP contribution in [0.3, 0.4) is 0 Å². The number of furan rings is 1. The summed E-state index contributed by atoms with van der Waals surface area (Å²) in [7, 11) is -0.834. The van der Waals surface area contributed by atoms with E-state index in [1.165, 1.54) is 20.3 Å². The molecule has 6 nitrogen and oxygen atoms in total. The van der Waals surface area contributed by atoms with E-state index in [9.17, 15) is 8.42 Å². The van der Waals surface area contributed by atoms with Crippen LogP contribution >= 0.6 is 0 Å². The molecule has 1 N–H and O–H groups in total. The molecular weight excluding hydrogens is 306 g/mol. The third-order valence-corrected chi connectivity index (χ3v) is 4.71. The maximum atomic E-state index is 12.5. The van der Waals surface area contributed by atoms with E-state index in [0.717, 1.165) is 0 Å². The Morgan fingerprint density at radius 3 is 2.59 bits per heavy atom. The van der Waals surface area contributed by atoms with Gasteiger partial charge in [-0.05, 0) is 31.2 Å². The van der Waals surface area contributed by atoms with Crippen LogP contribution in [0.5, 0.6) is 11.5 Å². The van der Waals surface area contributed by atoms with Gasteiger partial charge >= 0.3 is 0 Å². The van der Waals surface area contributed by atoms with Crippen molar-refractivity contribution in [3.05, 3.63) is 42.4 Å². The molecule has 0 aliphatic carbocycles. The molecule has 7 heteroatoms. The summed E-state index contributed by atoms with van der Waals surface area (Å²) in [6.45, 7) is 1.77. The molecule has 1 aromatic heterocycles. The second kappa shape index (κ2) is 6.85. The lowest BCUT2D eigenvalue weighted by atomic mass is 10.2. The molecule has 0 bridgehead atoms. The van der Waals surface area contributed by atoms with Gasteiger partial charge in [-0.15, -0.1) is 0 Å². The minimum atomic E-state index is -3.73. The zero-order valence-electron chi connectivity index (χ0n) is 12.7. The molecule has 0 saturated heterocycles. The fourth-order valence-corrected chi connectivity index (χ4v) is 3.52. The van der Waals surface area contributed by atoms with Gasteiger partial charge in [-0.2, -0.15) is 0 Å². The lowest BCUT2D eigenvalue weighted by molar-refractivity contribution is 0.391.